The minimum absolute atomic E-state index is 0.516. The van der Waals surface area contributed by atoms with Crippen LogP contribution in [0.3, 0.4) is 0 Å². The summed E-state index contributed by atoms with van der Waals surface area (Å²) in [6.07, 6.45) is 1.03. The van der Waals surface area contributed by atoms with Crippen molar-refractivity contribution < 1.29 is 9.59 Å². The van der Waals surface area contributed by atoms with Crippen LogP contribution in [0.15, 0.2) is 42.5 Å². The maximum absolute atomic E-state index is 10.8. The van der Waals surface area contributed by atoms with Crippen LogP contribution in [-0.4, -0.2) is 12.8 Å². The lowest BCUT2D eigenvalue weighted by molar-refractivity contribution is -0.114. The van der Waals surface area contributed by atoms with Crippen LogP contribution in [-0.2, 0) is 9.59 Å². The van der Waals surface area contributed by atoms with E-state index in [4.69, 9.17) is 0 Å². The third kappa shape index (κ3) is 2.71. The summed E-state index contributed by atoms with van der Waals surface area (Å²) in [7, 11) is 0. The number of amides is 2. The molecule has 3 heteroatoms. The molecule has 0 atom stereocenters. The Morgan fingerprint density at radius 1 is 0.895 bits per heavy atom. The summed E-state index contributed by atoms with van der Waals surface area (Å²) in [6.45, 7) is 3.93. The predicted molar refractivity (Wildman–Crippen MR) is 76.0 cm³/mol. The van der Waals surface area contributed by atoms with E-state index < -0.39 is 0 Å². The summed E-state index contributed by atoms with van der Waals surface area (Å²) in [4.78, 5) is 22.6. The van der Waals surface area contributed by atoms with Gasteiger partial charge in [-0.1, -0.05) is 35.9 Å². The number of aryl methyl sites for hydroxylation is 2. The van der Waals surface area contributed by atoms with Crippen molar-refractivity contribution in [1.29, 1.82) is 0 Å². The van der Waals surface area contributed by atoms with E-state index >= 15 is 0 Å². The number of nitrogens with zero attached hydrogens (tertiary/aromatic N) is 1. The van der Waals surface area contributed by atoms with Gasteiger partial charge in [-0.3, -0.25) is 14.5 Å². The molecule has 0 N–H and O–H groups in total. The number of carbonyl (C=O) groups excluding carboxylic acids is 2. The van der Waals surface area contributed by atoms with Crippen LogP contribution >= 0.6 is 0 Å². The molecule has 0 bridgehead atoms. The molecule has 0 saturated heterocycles. The highest BCUT2D eigenvalue weighted by molar-refractivity contribution is 5.96. The third-order valence-corrected chi connectivity index (χ3v) is 3.05. The molecule has 0 fully saturated rings. The fraction of sp³-hybridized carbons (Fsp3) is 0.125. The molecule has 2 aromatic rings. The van der Waals surface area contributed by atoms with Gasteiger partial charge >= 0.3 is 0 Å². The fourth-order valence-corrected chi connectivity index (χ4v) is 2.09. The van der Waals surface area contributed by atoms with Crippen LogP contribution in [0.25, 0.3) is 11.1 Å². The lowest BCUT2D eigenvalue weighted by Crippen LogP contribution is -2.19. The standard InChI is InChI=1S/C16H15NO2/c1-12-4-3-5-14(8-12)15-6-7-16(13(2)9-15)17(10-18)11-19/h3-11H,1-2H3. The van der Waals surface area contributed by atoms with E-state index in [1.807, 2.05) is 44.2 Å². The first-order valence-electron chi connectivity index (χ1n) is 6.02. The van der Waals surface area contributed by atoms with Gasteiger partial charge in [0.05, 0.1) is 5.69 Å². The molecule has 0 radical (unpaired) electrons. The number of imide groups is 1. The van der Waals surface area contributed by atoms with Gasteiger partial charge in [-0.05, 0) is 42.7 Å². The Morgan fingerprint density at radius 2 is 1.58 bits per heavy atom. The van der Waals surface area contributed by atoms with E-state index in [0.29, 0.717) is 18.5 Å². The van der Waals surface area contributed by atoms with Gasteiger partial charge in [0, 0.05) is 0 Å². The zero-order valence-corrected chi connectivity index (χ0v) is 11.0. The van der Waals surface area contributed by atoms with Crippen molar-refractivity contribution in [2.75, 3.05) is 4.90 Å². The SMILES string of the molecule is Cc1cccc(-c2ccc(N(C=O)C=O)c(C)c2)c1. The third-order valence-electron chi connectivity index (χ3n) is 3.05. The number of rotatable bonds is 4. The maximum atomic E-state index is 10.8. The van der Waals surface area contributed by atoms with E-state index in [1.165, 1.54) is 5.56 Å². The lowest BCUT2D eigenvalue weighted by atomic mass is 10.0. The topological polar surface area (TPSA) is 37.4 Å². The van der Waals surface area contributed by atoms with E-state index in [0.717, 1.165) is 21.6 Å². The fourth-order valence-electron chi connectivity index (χ4n) is 2.09. The molecule has 3 nitrogen and oxygen atoms in total. The monoisotopic (exact) mass is 253 g/mol. The second-order valence-corrected chi connectivity index (χ2v) is 4.49. The highest BCUT2D eigenvalue weighted by Gasteiger charge is 2.08. The van der Waals surface area contributed by atoms with Crippen molar-refractivity contribution in [2.45, 2.75) is 13.8 Å². The summed E-state index contributed by atoms with van der Waals surface area (Å²) in [5.41, 5.74) is 4.89. The molecule has 0 heterocycles. The van der Waals surface area contributed by atoms with Gasteiger partial charge in [0.2, 0.25) is 12.8 Å². The second-order valence-electron chi connectivity index (χ2n) is 4.49. The quantitative estimate of drug-likeness (QED) is 0.785. The first-order chi connectivity index (χ1) is 9.15. The van der Waals surface area contributed by atoms with Gasteiger partial charge < -0.3 is 0 Å². The zero-order chi connectivity index (χ0) is 13.8. The largest absolute Gasteiger partial charge is 0.278 e. The van der Waals surface area contributed by atoms with Gasteiger partial charge in [-0.2, -0.15) is 0 Å². The highest BCUT2D eigenvalue weighted by Crippen LogP contribution is 2.26. The Balaban J connectivity index is 2.44. The maximum Gasteiger partial charge on any atom is 0.220 e. The average Bonchev–Trinajstić information content (AvgIpc) is 2.41. The van der Waals surface area contributed by atoms with Crippen LogP contribution < -0.4 is 4.90 Å². The van der Waals surface area contributed by atoms with Crippen molar-refractivity contribution in [3.05, 3.63) is 53.6 Å². The molecule has 0 aliphatic carbocycles. The number of benzene rings is 2. The van der Waals surface area contributed by atoms with Crippen molar-refractivity contribution in [1.82, 2.24) is 0 Å². The number of hydrogen-bond acceptors (Lipinski definition) is 2. The van der Waals surface area contributed by atoms with Crippen molar-refractivity contribution in [3.63, 3.8) is 0 Å². The van der Waals surface area contributed by atoms with Crippen molar-refractivity contribution in [2.24, 2.45) is 0 Å². The Morgan fingerprint density at radius 3 is 2.16 bits per heavy atom. The predicted octanol–water partition coefficient (Wildman–Crippen LogP) is 3.09. The van der Waals surface area contributed by atoms with E-state index in [1.54, 1.807) is 6.07 Å². The molecule has 0 aliphatic heterocycles. The van der Waals surface area contributed by atoms with Gasteiger partial charge in [0.15, 0.2) is 0 Å². The Bertz CT molecular complexity index is 612. The molecule has 2 amide bonds. The number of anilines is 1. The Hall–Kier alpha value is -2.42. The lowest BCUT2D eigenvalue weighted by Gasteiger charge is -2.13. The summed E-state index contributed by atoms with van der Waals surface area (Å²) in [5, 5.41) is 0. The van der Waals surface area contributed by atoms with E-state index in [2.05, 4.69) is 6.07 Å². The zero-order valence-electron chi connectivity index (χ0n) is 11.0. The summed E-state index contributed by atoms with van der Waals surface area (Å²) >= 11 is 0. The van der Waals surface area contributed by atoms with Crippen molar-refractivity contribution in [3.8, 4) is 11.1 Å². The van der Waals surface area contributed by atoms with Gasteiger partial charge in [0.25, 0.3) is 0 Å². The summed E-state index contributed by atoms with van der Waals surface area (Å²) in [5.74, 6) is 0. The average molecular weight is 253 g/mol. The second kappa shape index (κ2) is 5.48. The molecule has 0 aliphatic rings. The molecule has 2 rings (SSSR count). The smallest absolute Gasteiger partial charge is 0.220 e. The molecule has 0 spiro atoms. The van der Waals surface area contributed by atoms with Crippen molar-refractivity contribution >= 4 is 18.5 Å². The number of hydrogen-bond donors (Lipinski definition) is 0. The van der Waals surface area contributed by atoms with Gasteiger partial charge in [-0.25, -0.2) is 0 Å². The van der Waals surface area contributed by atoms with E-state index in [9.17, 15) is 9.59 Å². The molecule has 0 aromatic heterocycles. The molecule has 19 heavy (non-hydrogen) atoms. The van der Waals surface area contributed by atoms with Gasteiger partial charge in [-0.15, -0.1) is 0 Å². The Labute approximate surface area is 112 Å². The van der Waals surface area contributed by atoms with Crippen LogP contribution in [0.2, 0.25) is 0 Å². The first-order valence-corrected chi connectivity index (χ1v) is 6.02. The molecule has 0 unspecified atom stereocenters. The molecule has 96 valence electrons. The molecule has 0 saturated carbocycles. The molecular formula is C16H15NO2. The molecule has 2 aromatic carbocycles. The normalized spacial score (nSPS) is 10.0. The van der Waals surface area contributed by atoms with Crippen LogP contribution in [0, 0.1) is 13.8 Å². The number of carbonyl (C=O) groups is 2. The summed E-state index contributed by atoms with van der Waals surface area (Å²) in [6, 6.07) is 13.9. The van der Waals surface area contributed by atoms with Gasteiger partial charge in [0.1, 0.15) is 0 Å². The molecular weight excluding hydrogens is 238 g/mol. The van der Waals surface area contributed by atoms with Crippen LogP contribution in [0.4, 0.5) is 5.69 Å². The Kier molecular flexibility index (Phi) is 3.76. The van der Waals surface area contributed by atoms with Crippen LogP contribution in [0.5, 0.6) is 0 Å². The minimum atomic E-state index is 0.516. The first kappa shape index (κ1) is 13.0. The van der Waals surface area contributed by atoms with Crippen LogP contribution in [0.1, 0.15) is 11.1 Å². The summed E-state index contributed by atoms with van der Waals surface area (Å²) < 4.78 is 0. The minimum Gasteiger partial charge on any atom is -0.278 e. The highest BCUT2D eigenvalue weighted by atomic mass is 16.2. The van der Waals surface area contributed by atoms with E-state index in [-0.39, 0.29) is 0 Å².